The molecule has 0 aromatic rings. The zero-order valence-corrected chi connectivity index (χ0v) is 12.8. The average molecular weight is 287 g/mol. The molecule has 3 saturated heterocycles. The summed E-state index contributed by atoms with van der Waals surface area (Å²) in [5, 5.41) is 3.93. The molecule has 1 spiro atoms. The first-order valence-corrected chi connectivity index (χ1v) is 9.73. The van der Waals surface area contributed by atoms with E-state index < -0.39 is 0 Å². The number of nitrogens with one attached hydrogen (secondary N) is 1. The third kappa shape index (κ3) is 3.38. The van der Waals surface area contributed by atoms with Gasteiger partial charge in [0.15, 0.2) is 0 Å². The fourth-order valence-corrected chi connectivity index (χ4v) is 5.80. The molecule has 0 radical (unpaired) electrons. The van der Waals surface area contributed by atoms with Gasteiger partial charge in [-0.1, -0.05) is 0 Å². The Labute approximate surface area is 119 Å². The van der Waals surface area contributed by atoms with Crippen LogP contribution in [-0.4, -0.2) is 47.3 Å². The van der Waals surface area contributed by atoms with Gasteiger partial charge in [0.05, 0.1) is 5.60 Å². The van der Waals surface area contributed by atoms with Crippen LogP contribution < -0.4 is 5.32 Å². The smallest absolute Gasteiger partial charge is 0.0713 e. The third-order valence-electron chi connectivity index (χ3n) is 4.59. The summed E-state index contributed by atoms with van der Waals surface area (Å²) < 4.78 is 6.17. The summed E-state index contributed by atoms with van der Waals surface area (Å²) in [5.74, 6) is 5.30. The van der Waals surface area contributed by atoms with Gasteiger partial charge in [0.1, 0.15) is 0 Å². The van der Waals surface area contributed by atoms with Gasteiger partial charge in [-0.25, -0.2) is 0 Å². The highest BCUT2D eigenvalue weighted by molar-refractivity contribution is 7.99. The molecule has 3 aliphatic heterocycles. The second-order valence-electron chi connectivity index (χ2n) is 5.89. The van der Waals surface area contributed by atoms with Crippen molar-refractivity contribution in [3.05, 3.63) is 0 Å². The molecule has 0 amide bonds. The second kappa shape index (κ2) is 6.38. The average Bonchev–Trinajstić information content (AvgIpc) is 2.41. The van der Waals surface area contributed by atoms with Crippen molar-refractivity contribution >= 4 is 23.5 Å². The molecule has 1 unspecified atom stereocenters. The van der Waals surface area contributed by atoms with Gasteiger partial charge >= 0.3 is 0 Å². The molecule has 4 heteroatoms. The maximum absolute atomic E-state index is 6.17. The Balaban J connectivity index is 1.52. The molecule has 0 aromatic carbocycles. The van der Waals surface area contributed by atoms with Crippen molar-refractivity contribution in [3.8, 4) is 0 Å². The van der Waals surface area contributed by atoms with Crippen LogP contribution in [0.5, 0.6) is 0 Å². The van der Waals surface area contributed by atoms with Gasteiger partial charge in [0.25, 0.3) is 0 Å². The van der Waals surface area contributed by atoms with Gasteiger partial charge < -0.3 is 10.1 Å². The van der Waals surface area contributed by atoms with Crippen molar-refractivity contribution in [1.82, 2.24) is 5.32 Å². The molecular weight excluding hydrogens is 262 g/mol. The van der Waals surface area contributed by atoms with E-state index in [-0.39, 0.29) is 5.60 Å². The maximum Gasteiger partial charge on any atom is 0.0713 e. The lowest BCUT2D eigenvalue weighted by molar-refractivity contribution is -0.0942. The minimum Gasteiger partial charge on any atom is -0.375 e. The number of hydrogen-bond acceptors (Lipinski definition) is 4. The SMILES string of the molecule is C1CC(NC2CCSCC2)CC2(CCSCC2)O1. The topological polar surface area (TPSA) is 21.3 Å². The fraction of sp³-hybridized carbons (Fsp3) is 1.00. The molecule has 3 fully saturated rings. The summed E-state index contributed by atoms with van der Waals surface area (Å²) in [6.45, 7) is 0.976. The number of rotatable bonds is 2. The number of thioether (sulfide) groups is 2. The normalized spacial score (nSPS) is 33.7. The maximum atomic E-state index is 6.17. The molecule has 1 N–H and O–H groups in total. The summed E-state index contributed by atoms with van der Waals surface area (Å²) in [5.41, 5.74) is 0.241. The van der Waals surface area contributed by atoms with Crippen molar-refractivity contribution in [1.29, 1.82) is 0 Å². The lowest BCUT2D eigenvalue weighted by Gasteiger charge is -2.44. The standard InChI is InChI=1S/C14H25NOS2/c1-6-16-14(4-9-18-10-5-14)11-13(1)15-12-2-7-17-8-3-12/h12-13,15H,1-11H2. The fourth-order valence-electron chi connectivity index (χ4n) is 3.46. The van der Waals surface area contributed by atoms with Crippen LogP contribution >= 0.6 is 23.5 Å². The predicted octanol–water partition coefficient (Wildman–Crippen LogP) is 2.92. The lowest BCUT2D eigenvalue weighted by atomic mass is 9.85. The molecule has 2 nitrogen and oxygen atoms in total. The van der Waals surface area contributed by atoms with Gasteiger partial charge in [-0.15, -0.1) is 0 Å². The Kier molecular flexibility index (Phi) is 4.82. The van der Waals surface area contributed by atoms with E-state index in [1.54, 1.807) is 0 Å². The molecular formula is C14H25NOS2. The summed E-state index contributed by atoms with van der Waals surface area (Å²) in [6.07, 6.45) is 7.76. The van der Waals surface area contributed by atoms with Gasteiger partial charge in [-0.2, -0.15) is 23.5 Å². The molecule has 104 valence electrons. The van der Waals surface area contributed by atoms with E-state index in [1.165, 1.54) is 61.5 Å². The Hall–Kier alpha value is 0.620. The van der Waals surface area contributed by atoms with E-state index in [2.05, 4.69) is 28.8 Å². The quantitative estimate of drug-likeness (QED) is 0.842. The van der Waals surface area contributed by atoms with Crippen LogP contribution in [-0.2, 0) is 4.74 Å². The zero-order valence-electron chi connectivity index (χ0n) is 11.2. The Morgan fingerprint density at radius 3 is 2.39 bits per heavy atom. The van der Waals surface area contributed by atoms with Crippen molar-refractivity contribution in [2.75, 3.05) is 29.6 Å². The van der Waals surface area contributed by atoms with Gasteiger partial charge in [-0.05, 0) is 61.5 Å². The van der Waals surface area contributed by atoms with Crippen LogP contribution in [0.2, 0.25) is 0 Å². The minimum absolute atomic E-state index is 0.241. The largest absolute Gasteiger partial charge is 0.375 e. The lowest BCUT2D eigenvalue weighted by Crippen LogP contribution is -2.51. The minimum atomic E-state index is 0.241. The van der Waals surface area contributed by atoms with E-state index >= 15 is 0 Å². The Morgan fingerprint density at radius 2 is 1.61 bits per heavy atom. The summed E-state index contributed by atoms with van der Waals surface area (Å²) in [4.78, 5) is 0. The monoisotopic (exact) mass is 287 g/mol. The first-order chi connectivity index (χ1) is 8.86. The van der Waals surface area contributed by atoms with E-state index in [4.69, 9.17) is 4.74 Å². The van der Waals surface area contributed by atoms with Crippen molar-refractivity contribution < 1.29 is 4.74 Å². The van der Waals surface area contributed by atoms with Crippen molar-refractivity contribution in [2.24, 2.45) is 0 Å². The van der Waals surface area contributed by atoms with E-state index in [1.807, 2.05) is 0 Å². The summed E-state index contributed by atoms with van der Waals surface area (Å²) in [6, 6.07) is 1.50. The Bertz CT molecular complexity index is 257. The van der Waals surface area contributed by atoms with Crippen LogP contribution in [0.15, 0.2) is 0 Å². The third-order valence-corrected chi connectivity index (χ3v) is 6.62. The van der Waals surface area contributed by atoms with E-state index in [0.717, 1.165) is 18.7 Å². The van der Waals surface area contributed by atoms with E-state index in [0.29, 0.717) is 0 Å². The Morgan fingerprint density at radius 1 is 0.889 bits per heavy atom. The van der Waals surface area contributed by atoms with Crippen molar-refractivity contribution in [3.63, 3.8) is 0 Å². The highest BCUT2D eigenvalue weighted by Gasteiger charge is 2.39. The molecule has 18 heavy (non-hydrogen) atoms. The highest BCUT2D eigenvalue weighted by atomic mass is 32.2. The molecule has 3 aliphatic rings. The highest BCUT2D eigenvalue weighted by Crippen LogP contribution is 2.37. The van der Waals surface area contributed by atoms with Crippen LogP contribution in [0.4, 0.5) is 0 Å². The second-order valence-corrected chi connectivity index (χ2v) is 8.34. The molecule has 3 rings (SSSR count). The van der Waals surface area contributed by atoms with Crippen molar-refractivity contribution in [2.45, 2.75) is 56.2 Å². The molecule has 1 atom stereocenters. The first-order valence-electron chi connectivity index (χ1n) is 7.42. The van der Waals surface area contributed by atoms with Gasteiger partial charge in [0.2, 0.25) is 0 Å². The number of ether oxygens (including phenoxy) is 1. The zero-order chi connectivity index (χ0) is 12.3. The predicted molar refractivity (Wildman–Crippen MR) is 81.7 cm³/mol. The first kappa shape index (κ1) is 13.6. The molecule has 0 saturated carbocycles. The van der Waals surface area contributed by atoms with Gasteiger partial charge in [-0.3, -0.25) is 0 Å². The van der Waals surface area contributed by atoms with Crippen LogP contribution in [0, 0.1) is 0 Å². The molecule has 0 aromatic heterocycles. The van der Waals surface area contributed by atoms with Crippen LogP contribution in [0.25, 0.3) is 0 Å². The van der Waals surface area contributed by atoms with Crippen LogP contribution in [0.1, 0.15) is 38.5 Å². The number of hydrogen-bond donors (Lipinski definition) is 1. The molecule has 3 heterocycles. The summed E-state index contributed by atoms with van der Waals surface area (Å²) >= 11 is 4.21. The molecule has 0 bridgehead atoms. The van der Waals surface area contributed by atoms with Crippen LogP contribution in [0.3, 0.4) is 0 Å². The van der Waals surface area contributed by atoms with E-state index in [9.17, 15) is 0 Å². The summed E-state index contributed by atoms with van der Waals surface area (Å²) in [7, 11) is 0. The van der Waals surface area contributed by atoms with Gasteiger partial charge in [0, 0.05) is 18.7 Å². The molecule has 0 aliphatic carbocycles.